The summed E-state index contributed by atoms with van der Waals surface area (Å²) in [5, 5.41) is -1.45. The van der Waals surface area contributed by atoms with Crippen LogP contribution in [-0.4, -0.2) is 0 Å². The molecule has 0 saturated carbocycles. The highest BCUT2D eigenvalue weighted by Crippen LogP contribution is 2.40. The molecule has 0 amide bonds. The van der Waals surface area contributed by atoms with Crippen molar-refractivity contribution < 1.29 is 30.5 Å². The molecule has 6 rings (SSSR count). The maximum atomic E-state index is 9.51. The molecule has 0 spiro atoms. The zero-order valence-corrected chi connectivity index (χ0v) is 16.5. The van der Waals surface area contributed by atoms with E-state index in [1.807, 2.05) is 0 Å². The monoisotopic (exact) mass is 449 g/mol. The highest BCUT2D eigenvalue weighted by atomic mass is 35.5. The summed E-state index contributed by atoms with van der Waals surface area (Å²) in [4.78, 5) is 0. The number of rotatable bonds is 3. The topological polar surface area (TPSA) is 13.1 Å². The summed E-state index contributed by atoms with van der Waals surface area (Å²) in [7, 11) is 0. The van der Waals surface area contributed by atoms with Crippen LogP contribution in [-0.2, 0) is 0 Å². The number of furan rings is 1. The van der Waals surface area contributed by atoms with Crippen molar-refractivity contribution in [3.05, 3.63) is 120 Å². The standard InChI is InChI=1S/C30H19ClO/c31-23-11-6-10-21(18-23)27-19-22(16-17-24(27)20-8-2-1-3-9-20)25-13-7-15-29-30(25)26-12-4-5-14-28(26)32-29/h1-19H/i1D,2D,3D,4D,5D,6D,7D,8D,9D,10D,11D,12D,13D,14D,15D,16D,17D,18D,19D. The molecule has 0 aliphatic carbocycles. The Bertz CT molecular complexity index is 2540. The zero-order valence-electron chi connectivity index (χ0n) is 34.8. The van der Waals surface area contributed by atoms with Gasteiger partial charge in [-0.05, 0) is 63.6 Å². The molecule has 0 radical (unpaired) electrons. The highest BCUT2D eigenvalue weighted by Gasteiger charge is 2.15. The van der Waals surface area contributed by atoms with Gasteiger partial charge >= 0.3 is 0 Å². The molecule has 1 heterocycles. The summed E-state index contributed by atoms with van der Waals surface area (Å²) in [5.41, 5.74) is -5.15. The van der Waals surface area contributed by atoms with Gasteiger partial charge in [0.1, 0.15) is 11.2 Å². The quantitative estimate of drug-likeness (QED) is 0.262. The molecule has 0 aliphatic rings. The Morgan fingerprint density at radius 1 is 0.531 bits per heavy atom. The van der Waals surface area contributed by atoms with E-state index >= 15 is 0 Å². The van der Waals surface area contributed by atoms with Crippen LogP contribution >= 0.6 is 11.6 Å². The first-order chi connectivity index (χ1) is 23.7. The SMILES string of the molecule is [2H]c1c([2H])c([2H])c(-c2c([2H])c([2H])c(-c3c([2H])c([2H])c([2H])c4oc5c([2H])c([2H])c([2H])c([2H])c5c34)c([2H])c2-c2c([2H])c([2H])c([2H])c(Cl)c2[2H])c([2H])c1[2H]. The van der Waals surface area contributed by atoms with Gasteiger partial charge in [0.15, 0.2) is 0 Å². The van der Waals surface area contributed by atoms with Gasteiger partial charge in [0.2, 0.25) is 0 Å². The summed E-state index contributed by atoms with van der Waals surface area (Å²) < 4.78 is 169. The third-order valence-electron chi connectivity index (χ3n) is 4.60. The van der Waals surface area contributed by atoms with Gasteiger partial charge in [0.25, 0.3) is 0 Å². The normalized spacial score (nSPS) is 19.6. The van der Waals surface area contributed by atoms with Crippen LogP contribution in [0.2, 0.25) is 5.02 Å². The predicted molar refractivity (Wildman–Crippen MR) is 135 cm³/mol. The van der Waals surface area contributed by atoms with Gasteiger partial charge in [0, 0.05) is 15.8 Å². The van der Waals surface area contributed by atoms with Gasteiger partial charge in [-0.25, -0.2) is 0 Å². The summed E-state index contributed by atoms with van der Waals surface area (Å²) in [6.07, 6.45) is 0. The molecule has 6 aromatic rings. The Morgan fingerprint density at radius 3 is 2.16 bits per heavy atom. The average molecular weight is 450 g/mol. The van der Waals surface area contributed by atoms with E-state index in [0.29, 0.717) is 0 Å². The van der Waals surface area contributed by atoms with Gasteiger partial charge in [-0.15, -0.1) is 0 Å². The Balaban J connectivity index is 1.97. The largest absolute Gasteiger partial charge is 0.456 e. The predicted octanol–water partition coefficient (Wildman–Crippen LogP) is 9.24. The smallest absolute Gasteiger partial charge is 0.136 e. The number of hydrogen-bond donors (Lipinski definition) is 0. The minimum atomic E-state index is -0.963. The lowest BCUT2D eigenvalue weighted by Gasteiger charge is -2.14. The first-order valence-electron chi connectivity index (χ1n) is 18.6. The number of hydrogen-bond acceptors (Lipinski definition) is 1. The molecule has 2 heteroatoms. The average Bonchev–Trinajstić information content (AvgIpc) is 3.50. The van der Waals surface area contributed by atoms with Gasteiger partial charge in [-0.2, -0.15) is 0 Å². The minimum absolute atomic E-state index is 0.382. The second kappa shape index (κ2) is 7.71. The molecule has 0 saturated heterocycles. The van der Waals surface area contributed by atoms with Crippen molar-refractivity contribution in [3.63, 3.8) is 0 Å². The molecule has 0 aliphatic heterocycles. The van der Waals surface area contributed by atoms with Gasteiger partial charge < -0.3 is 4.42 Å². The van der Waals surface area contributed by atoms with Crippen molar-refractivity contribution in [1.29, 1.82) is 0 Å². The van der Waals surface area contributed by atoms with E-state index in [2.05, 4.69) is 0 Å². The van der Waals surface area contributed by atoms with E-state index < -0.39 is 170 Å². The fraction of sp³-hybridized carbons (Fsp3) is 0. The maximum absolute atomic E-state index is 9.51. The molecule has 0 unspecified atom stereocenters. The van der Waals surface area contributed by atoms with Gasteiger partial charge in [0.05, 0.1) is 26.0 Å². The summed E-state index contributed by atoms with van der Waals surface area (Å²) in [6, 6.07) is -15.7. The Labute approximate surface area is 218 Å². The number of benzene rings is 5. The fourth-order valence-corrected chi connectivity index (χ4v) is 3.42. The lowest BCUT2D eigenvalue weighted by Crippen LogP contribution is -1.88. The molecular weight excluding hydrogens is 412 g/mol. The van der Waals surface area contributed by atoms with Gasteiger partial charge in [-0.1, -0.05) is 96.2 Å². The Hall–Kier alpha value is -3.81. The summed E-state index contributed by atoms with van der Waals surface area (Å²) >= 11 is 6.23. The molecule has 1 nitrogen and oxygen atoms in total. The minimum Gasteiger partial charge on any atom is -0.456 e. The van der Waals surface area contributed by atoms with Crippen molar-refractivity contribution in [1.82, 2.24) is 0 Å². The second-order valence-electron chi connectivity index (χ2n) is 6.45. The van der Waals surface area contributed by atoms with E-state index in [-0.39, 0.29) is 5.39 Å². The van der Waals surface area contributed by atoms with Crippen molar-refractivity contribution in [2.24, 2.45) is 0 Å². The van der Waals surface area contributed by atoms with Crippen LogP contribution in [0.1, 0.15) is 26.0 Å². The number of fused-ring (bicyclic) bond motifs is 3. The van der Waals surface area contributed by atoms with Crippen LogP contribution < -0.4 is 0 Å². The summed E-state index contributed by atoms with van der Waals surface area (Å²) in [6.45, 7) is 0. The zero-order chi connectivity index (χ0) is 38.0. The van der Waals surface area contributed by atoms with Crippen LogP contribution in [0.3, 0.4) is 0 Å². The van der Waals surface area contributed by atoms with Crippen LogP contribution in [0.15, 0.2) is 119 Å². The number of halogens is 1. The number of para-hydroxylation sites is 1. The molecular formula is C30H19ClO. The van der Waals surface area contributed by atoms with Crippen molar-refractivity contribution in [2.45, 2.75) is 0 Å². The highest BCUT2D eigenvalue weighted by molar-refractivity contribution is 6.30. The molecule has 0 fully saturated rings. The third kappa shape index (κ3) is 3.19. The fourth-order valence-electron chi connectivity index (χ4n) is 3.27. The molecule has 0 N–H and O–H groups in total. The third-order valence-corrected chi connectivity index (χ3v) is 4.79. The van der Waals surface area contributed by atoms with E-state index in [4.69, 9.17) is 39.3 Å². The first kappa shape index (κ1) is 7.65. The van der Waals surface area contributed by atoms with Gasteiger partial charge in [-0.3, -0.25) is 0 Å². The lowest BCUT2D eigenvalue weighted by atomic mass is 9.90. The van der Waals surface area contributed by atoms with Crippen LogP contribution in [0.25, 0.3) is 55.3 Å². The molecule has 152 valence electrons. The molecule has 5 aromatic carbocycles. The van der Waals surface area contributed by atoms with E-state index in [9.17, 15) is 2.74 Å². The van der Waals surface area contributed by atoms with Crippen LogP contribution in [0.4, 0.5) is 0 Å². The van der Waals surface area contributed by atoms with E-state index in [1.54, 1.807) is 0 Å². The molecule has 32 heavy (non-hydrogen) atoms. The van der Waals surface area contributed by atoms with Crippen molar-refractivity contribution in [3.8, 4) is 33.4 Å². The Morgan fingerprint density at radius 2 is 1.25 bits per heavy atom. The van der Waals surface area contributed by atoms with Crippen LogP contribution in [0, 0.1) is 0 Å². The maximum Gasteiger partial charge on any atom is 0.136 e. The first-order valence-corrected chi connectivity index (χ1v) is 9.48. The van der Waals surface area contributed by atoms with Crippen molar-refractivity contribution in [2.75, 3.05) is 0 Å². The molecule has 0 atom stereocenters. The van der Waals surface area contributed by atoms with E-state index in [1.165, 1.54) is 0 Å². The molecule has 0 bridgehead atoms. The van der Waals surface area contributed by atoms with Crippen molar-refractivity contribution >= 4 is 33.5 Å². The molecule has 1 aromatic heterocycles. The summed E-state index contributed by atoms with van der Waals surface area (Å²) in [5.74, 6) is 0. The Kier molecular flexibility index (Phi) is 1.84. The lowest BCUT2D eigenvalue weighted by molar-refractivity contribution is 0.669. The van der Waals surface area contributed by atoms with E-state index in [0.717, 1.165) is 0 Å². The van der Waals surface area contributed by atoms with Crippen LogP contribution in [0.5, 0.6) is 0 Å². The second-order valence-corrected chi connectivity index (χ2v) is 6.83.